The van der Waals surface area contributed by atoms with Crippen molar-refractivity contribution in [1.29, 1.82) is 0 Å². The van der Waals surface area contributed by atoms with E-state index < -0.39 is 0 Å². The van der Waals surface area contributed by atoms with Crippen molar-refractivity contribution in [2.75, 3.05) is 23.8 Å². The molecule has 2 heterocycles. The quantitative estimate of drug-likeness (QED) is 0.682. The molecule has 2 rings (SSSR count). The number of hydrogen-bond donors (Lipinski definition) is 2. The first-order valence-corrected chi connectivity index (χ1v) is 5.41. The minimum atomic E-state index is 0.337. The molecular formula is C8H12N4S. The first-order valence-electron chi connectivity index (χ1n) is 4.26. The van der Waals surface area contributed by atoms with E-state index in [4.69, 9.17) is 5.73 Å². The molecular weight excluding hydrogens is 184 g/mol. The molecule has 1 saturated heterocycles. The molecule has 0 bridgehead atoms. The minimum absolute atomic E-state index is 0.337. The zero-order chi connectivity index (χ0) is 9.10. The van der Waals surface area contributed by atoms with Gasteiger partial charge in [0, 0.05) is 24.2 Å². The Balaban J connectivity index is 2.14. The smallest absolute Gasteiger partial charge is 0.220 e. The standard InChI is InChI=1S/C8H12N4S/c9-8-11-2-1-6(12-8)7-5-13-4-3-10-7/h1-2,7,10H,3-5H2,(H2,9,11,12). The van der Waals surface area contributed by atoms with Crippen LogP contribution >= 0.6 is 11.8 Å². The Hall–Kier alpha value is -0.810. The minimum Gasteiger partial charge on any atom is -0.368 e. The number of aromatic nitrogens is 2. The van der Waals surface area contributed by atoms with Crippen LogP contribution in [0.1, 0.15) is 11.7 Å². The van der Waals surface area contributed by atoms with Gasteiger partial charge in [-0.15, -0.1) is 0 Å². The predicted octanol–water partition coefficient (Wildman–Crippen LogP) is 0.436. The van der Waals surface area contributed by atoms with E-state index in [1.807, 2.05) is 17.8 Å². The van der Waals surface area contributed by atoms with Gasteiger partial charge in [-0.25, -0.2) is 9.97 Å². The zero-order valence-electron chi connectivity index (χ0n) is 7.23. The van der Waals surface area contributed by atoms with Crippen molar-refractivity contribution in [2.45, 2.75) is 6.04 Å². The molecule has 3 N–H and O–H groups in total. The van der Waals surface area contributed by atoms with Crippen LogP contribution in [0.3, 0.4) is 0 Å². The van der Waals surface area contributed by atoms with Crippen LogP contribution in [0.15, 0.2) is 12.3 Å². The Bertz CT molecular complexity index is 285. The van der Waals surface area contributed by atoms with Crippen molar-refractivity contribution in [1.82, 2.24) is 15.3 Å². The molecule has 0 spiro atoms. The number of nitrogens with zero attached hydrogens (tertiary/aromatic N) is 2. The maximum absolute atomic E-state index is 5.51. The van der Waals surface area contributed by atoms with Gasteiger partial charge in [0.2, 0.25) is 5.95 Å². The number of thioether (sulfide) groups is 1. The first kappa shape index (κ1) is 8.77. The van der Waals surface area contributed by atoms with Crippen LogP contribution in [-0.2, 0) is 0 Å². The van der Waals surface area contributed by atoms with Crippen molar-refractivity contribution >= 4 is 17.7 Å². The lowest BCUT2D eigenvalue weighted by Crippen LogP contribution is -2.31. The van der Waals surface area contributed by atoms with Crippen LogP contribution in [0.25, 0.3) is 0 Å². The Morgan fingerprint density at radius 2 is 2.54 bits per heavy atom. The van der Waals surface area contributed by atoms with Gasteiger partial charge in [-0.1, -0.05) is 0 Å². The number of hydrogen-bond acceptors (Lipinski definition) is 5. The third-order valence-electron chi connectivity index (χ3n) is 1.97. The summed E-state index contributed by atoms with van der Waals surface area (Å²) in [6.07, 6.45) is 1.71. The van der Waals surface area contributed by atoms with Gasteiger partial charge < -0.3 is 11.1 Å². The van der Waals surface area contributed by atoms with Crippen molar-refractivity contribution in [3.8, 4) is 0 Å². The molecule has 0 aromatic carbocycles. The number of rotatable bonds is 1. The lowest BCUT2D eigenvalue weighted by molar-refractivity contribution is 0.580. The molecule has 1 aromatic rings. The molecule has 0 radical (unpaired) electrons. The lowest BCUT2D eigenvalue weighted by Gasteiger charge is -2.22. The van der Waals surface area contributed by atoms with E-state index in [0.29, 0.717) is 12.0 Å². The molecule has 1 fully saturated rings. The Morgan fingerprint density at radius 1 is 1.62 bits per heavy atom. The molecule has 5 heteroatoms. The fraction of sp³-hybridized carbons (Fsp3) is 0.500. The topological polar surface area (TPSA) is 63.8 Å². The molecule has 1 aliphatic heterocycles. The normalized spacial score (nSPS) is 22.9. The van der Waals surface area contributed by atoms with Crippen molar-refractivity contribution in [3.05, 3.63) is 18.0 Å². The molecule has 0 amide bonds. The molecule has 1 aliphatic rings. The molecule has 1 aromatic heterocycles. The van der Waals surface area contributed by atoms with Crippen LogP contribution < -0.4 is 11.1 Å². The van der Waals surface area contributed by atoms with Gasteiger partial charge in [0.05, 0.1) is 11.7 Å². The maximum Gasteiger partial charge on any atom is 0.220 e. The SMILES string of the molecule is Nc1nccc(C2CSCCN2)n1. The molecule has 0 aliphatic carbocycles. The fourth-order valence-corrected chi connectivity index (χ4v) is 2.29. The number of nitrogen functional groups attached to an aromatic ring is 1. The summed E-state index contributed by atoms with van der Waals surface area (Å²) in [6.45, 7) is 1.04. The summed E-state index contributed by atoms with van der Waals surface area (Å²) in [5.74, 6) is 2.60. The van der Waals surface area contributed by atoms with Gasteiger partial charge in [-0.3, -0.25) is 0 Å². The van der Waals surface area contributed by atoms with Gasteiger partial charge >= 0.3 is 0 Å². The van der Waals surface area contributed by atoms with Gasteiger partial charge in [0.25, 0.3) is 0 Å². The summed E-state index contributed by atoms with van der Waals surface area (Å²) in [5.41, 5.74) is 6.51. The summed E-state index contributed by atoms with van der Waals surface area (Å²) in [7, 11) is 0. The van der Waals surface area contributed by atoms with E-state index in [0.717, 1.165) is 18.0 Å². The highest BCUT2D eigenvalue weighted by molar-refractivity contribution is 7.99. The summed E-state index contributed by atoms with van der Waals surface area (Å²) < 4.78 is 0. The molecule has 70 valence electrons. The molecule has 13 heavy (non-hydrogen) atoms. The zero-order valence-corrected chi connectivity index (χ0v) is 8.05. The van der Waals surface area contributed by atoms with E-state index in [-0.39, 0.29) is 0 Å². The van der Waals surface area contributed by atoms with Crippen molar-refractivity contribution in [3.63, 3.8) is 0 Å². The third kappa shape index (κ3) is 2.10. The first-order chi connectivity index (χ1) is 6.36. The van der Waals surface area contributed by atoms with E-state index in [1.165, 1.54) is 5.75 Å². The van der Waals surface area contributed by atoms with Crippen LogP contribution in [0.2, 0.25) is 0 Å². The van der Waals surface area contributed by atoms with Gasteiger partial charge in [0.15, 0.2) is 0 Å². The predicted molar refractivity (Wildman–Crippen MR) is 54.5 cm³/mol. The molecule has 0 saturated carbocycles. The van der Waals surface area contributed by atoms with E-state index in [9.17, 15) is 0 Å². The highest BCUT2D eigenvalue weighted by atomic mass is 32.2. The average molecular weight is 196 g/mol. The summed E-state index contributed by atoms with van der Waals surface area (Å²) in [4.78, 5) is 8.05. The van der Waals surface area contributed by atoms with E-state index in [1.54, 1.807) is 6.20 Å². The van der Waals surface area contributed by atoms with Crippen LogP contribution in [0.5, 0.6) is 0 Å². The van der Waals surface area contributed by atoms with Gasteiger partial charge in [-0.05, 0) is 6.07 Å². The second-order valence-corrected chi connectivity index (χ2v) is 4.07. The maximum atomic E-state index is 5.51. The van der Waals surface area contributed by atoms with Crippen molar-refractivity contribution < 1.29 is 0 Å². The summed E-state index contributed by atoms with van der Waals surface area (Å²) >= 11 is 1.94. The number of anilines is 1. The van der Waals surface area contributed by atoms with Crippen LogP contribution in [-0.4, -0.2) is 28.0 Å². The highest BCUT2D eigenvalue weighted by Gasteiger charge is 2.16. The largest absolute Gasteiger partial charge is 0.368 e. The van der Waals surface area contributed by atoms with E-state index in [2.05, 4.69) is 15.3 Å². The van der Waals surface area contributed by atoms with Gasteiger partial charge in [-0.2, -0.15) is 11.8 Å². The summed E-state index contributed by atoms with van der Waals surface area (Å²) in [6, 6.07) is 2.25. The Kier molecular flexibility index (Phi) is 2.65. The summed E-state index contributed by atoms with van der Waals surface area (Å²) in [5, 5.41) is 3.40. The van der Waals surface area contributed by atoms with E-state index >= 15 is 0 Å². The molecule has 1 atom stereocenters. The van der Waals surface area contributed by atoms with Gasteiger partial charge in [0.1, 0.15) is 0 Å². The Morgan fingerprint density at radius 3 is 3.23 bits per heavy atom. The third-order valence-corrected chi connectivity index (χ3v) is 3.04. The van der Waals surface area contributed by atoms with Crippen LogP contribution in [0, 0.1) is 0 Å². The molecule has 1 unspecified atom stereocenters. The highest BCUT2D eigenvalue weighted by Crippen LogP contribution is 2.19. The number of nitrogens with one attached hydrogen (secondary N) is 1. The Labute approximate surface area is 81.3 Å². The van der Waals surface area contributed by atoms with Crippen molar-refractivity contribution in [2.24, 2.45) is 0 Å². The second kappa shape index (κ2) is 3.93. The average Bonchev–Trinajstić information content (AvgIpc) is 2.19. The van der Waals surface area contributed by atoms with Crippen LogP contribution in [0.4, 0.5) is 5.95 Å². The lowest BCUT2D eigenvalue weighted by atomic mass is 10.2. The number of nitrogens with two attached hydrogens (primary N) is 1. The molecule has 4 nitrogen and oxygen atoms in total. The second-order valence-electron chi connectivity index (χ2n) is 2.92. The monoisotopic (exact) mass is 196 g/mol. The fourth-order valence-electron chi connectivity index (χ4n) is 1.34.